The zero-order valence-electron chi connectivity index (χ0n) is 19.0. The summed E-state index contributed by atoms with van der Waals surface area (Å²) in [5, 5.41) is 0. The van der Waals surface area contributed by atoms with Gasteiger partial charge in [0, 0.05) is 0 Å². The molecular weight excluding hydrogens is 574 g/mol. The summed E-state index contributed by atoms with van der Waals surface area (Å²) in [5.74, 6) is 0. The fourth-order valence-electron chi connectivity index (χ4n) is 4.56. The van der Waals surface area contributed by atoms with Gasteiger partial charge in [-0.3, -0.25) is 0 Å². The third-order valence-corrected chi connectivity index (χ3v) is 14.3. The molecule has 0 bridgehead atoms. The van der Waals surface area contributed by atoms with Gasteiger partial charge in [-0.15, -0.1) is 0 Å². The van der Waals surface area contributed by atoms with Crippen LogP contribution in [0.25, 0.3) is 11.1 Å². The predicted octanol–water partition coefficient (Wildman–Crippen LogP) is 0.380. The maximum atomic E-state index is 4.83. The monoisotopic (exact) mass is 606 g/mol. The van der Waals surface area contributed by atoms with Gasteiger partial charge in [0.25, 0.3) is 0 Å². The molecule has 158 valence electrons. The summed E-state index contributed by atoms with van der Waals surface area (Å²) in [6.07, 6.45) is 9.09. The van der Waals surface area contributed by atoms with E-state index < -0.39 is 21.0 Å². The van der Waals surface area contributed by atoms with Crippen LogP contribution in [0.4, 0.5) is 0 Å². The summed E-state index contributed by atoms with van der Waals surface area (Å²) < 4.78 is 8.11. The molecule has 2 aliphatic rings. The van der Waals surface area contributed by atoms with E-state index in [1.807, 2.05) is 0 Å². The third kappa shape index (κ3) is 4.54. The molecule has 0 atom stereocenters. The topological polar surface area (TPSA) is 0 Å². The molecule has 0 saturated heterocycles. The summed E-state index contributed by atoms with van der Waals surface area (Å²) in [7, 11) is 0. The zero-order chi connectivity index (χ0) is 20.3. The van der Waals surface area contributed by atoms with E-state index in [0.29, 0.717) is 0 Å². The number of benzene rings is 2. The SMILES string of the molecule is [CH2]=[Hf+2]([C]1=CC=CC1)[c]1cc(C(C)(C)C)cc2c1Cc1c-2cccc1C(C)(C)C.[Cl-].[Cl-]. The second kappa shape index (κ2) is 9.00. The average Bonchev–Trinajstić information content (AvgIpc) is 3.26. The van der Waals surface area contributed by atoms with Crippen LogP contribution in [-0.4, -0.2) is 4.26 Å². The van der Waals surface area contributed by atoms with Crippen LogP contribution in [0.3, 0.4) is 0 Å². The zero-order valence-corrected chi connectivity index (χ0v) is 24.1. The standard InChI is InChI=1S/C21H25.C5H5.CH2.2ClH.Hf/c1-20(2,3)15-11-10-14-12-18-16(17(14)13-15)8-7-9-19(18)21(4,5)6;1-2-4-5-3-1;;;;/h7-9,11,13H,12H2,1-6H3;1-3H,4H2;1H2;2*1H;/q;;;;;+2/p-2. The molecule has 0 saturated carbocycles. The van der Waals surface area contributed by atoms with Crippen molar-refractivity contribution in [2.45, 2.75) is 65.2 Å². The van der Waals surface area contributed by atoms with Gasteiger partial charge in [-0.25, -0.2) is 0 Å². The maximum Gasteiger partial charge on any atom is -1.00 e. The molecule has 0 nitrogen and oxygen atoms in total. The fraction of sp³-hybridized carbons (Fsp3) is 0.370. The van der Waals surface area contributed by atoms with E-state index in [-0.39, 0.29) is 35.6 Å². The summed E-state index contributed by atoms with van der Waals surface area (Å²) in [6.45, 7) is 14.0. The summed E-state index contributed by atoms with van der Waals surface area (Å²) in [4.78, 5) is 0. The van der Waals surface area contributed by atoms with E-state index in [0.717, 1.165) is 12.8 Å². The number of rotatable bonds is 2. The minimum atomic E-state index is -2.26. The molecule has 0 unspecified atom stereocenters. The molecule has 0 aliphatic heterocycles. The van der Waals surface area contributed by atoms with Crippen LogP contribution in [0.15, 0.2) is 51.9 Å². The fourth-order valence-corrected chi connectivity index (χ4v) is 11.5. The first-order valence-electron chi connectivity index (χ1n) is 10.4. The van der Waals surface area contributed by atoms with Crippen molar-refractivity contribution in [1.82, 2.24) is 0 Å². The summed E-state index contributed by atoms with van der Waals surface area (Å²) >= 11 is -2.26. The van der Waals surface area contributed by atoms with Gasteiger partial charge < -0.3 is 24.8 Å². The van der Waals surface area contributed by atoms with Crippen molar-refractivity contribution in [2.24, 2.45) is 0 Å². The smallest absolute Gasteiger partial charge is 1.00 e. The first-order valence-corrected chi connectivity index (χ1v) is 16.6. The van der Waals surface area contributed by atoms with Crippen LogP contribution >= 0.6 is 0 Å². The van der Waals surface area contributed by atoms with Gasteiger partial charge in [-0.1, -0.05) is 0 Å². The Kier molecular flexibility index (Phi) is 7.65. The number of halogens is 2. The molecule has 3 heteroatoms. The Bertz CT molecular complexity index is 1040. The van der Waals surface area contributed by atoms with Crippen molar-refractivity contribution in [3.8, 4) is 11.1 Å². The average molecular weight is 606 g/mol. The largest absolute Gasteiger partial charge is 1.00 e. The van der Waals surface area contributed by atoms with Crippen LogP contribution in [0.2, 0.25) is 0 Å². The Labute approximate surface area is 202 Å². The van der Waals surface area contributed by atoms with Crippen LogP contribution in [0, 0.1) is 0 Å². The molecule has 30 heavy (non-hydrogen) atoms. The van der Waals surface area contributed by atoms with Crippen molar-refractivity contribution >= 4 is 7.58 Å². The van der Waals surface area contributed by atoms with E-state index >= 15 is 0 Å². The van der Waals surface area contributed by atoms with Crippen molar-refractivity contribution in [3.05, 3.63) is 74.1 Å². The Morgan fingerprint density at radius 3 is 2.13 bits per heavy atom. The van der Waals surface area contributed by atoms with E-state index in [1.165, 1.54) is 22.3 Å². The van der Waals surface area contributed by atoms with E-state index in [9.17, 15) is 0 Å². The van der Waals surface area contributed by atoms with Crippen molar-refractivity contribution in [3.63, 3.8) is 0 Å². The number of allylic oxidation sites excluding steroid dienone is 4. The van der Waals surface area contributed by atoms with E-state index in [4.69, 9.17) is 4.26 Å². The van der Waals surface area contributed by atoms with Crippen molar-refractivity contribution in [2.75, 3.05) is 0 Å². The van der Waals surface area contributed by atoms with Gasteiger partial charge in [0.1, 0.15) is 0 Å². The first kappa shape index (κ1) is 25.5. The Morgan fingerprint density at radius 2 is 1.57 bits per heavy atom. The molecule has 2 aromatic carbocycles. The summed E-state index contributed by atoms with van der Waals surface area (Å²) in [6, 6.07) is 12.0. The number of fused-ring (bicyclic) bond motifs is 3. The third-order valence-electron chi connectivity index (χ3n) is 6.23. The van der Waals surface area contributed by atoms with E-state index in [2.05, 4.69) is 90.1 Å². The number of hydrogen-bond acceptors (Lipinski definition) is 0. The number of hydrogen-bond donors (Lipinski definition) is 0. The maximum absolute atomic E-state index is 4.83. The van der Waals surface area contributed by atoms with Crippen LogP contribution in [-0.2, 0) is 38.2 Å². The van der Waals surface area contributed by atoms with Gasteiger partial charge in [-0.2, -0.15) is 0 Å². The molecule has 4 rings (SSSR count). The van der Waals surface area contributed by atoms with Crippen molar-refractivity contribution in [1.29, 1.82) is 0 Å². The molecular formula is C27H32Cl2Hf. The van der Waals surface area contributed by atoms with Gasteiger partial charge in [-0.05, 0) is 0 Å². The minimum Gasteiger partial charge on any atom is -1.00 e. The molecule has 2 aromatic rings. The molecule has 2 aliphatic carbocycles. The van der Waals surface area contributed by atoms with Gasteiger partial charge >= 0.3 is 179 Å². The Hall–Kier alpha value is -0.760. The molecule has 0 amide bonds. The Morgan fingerprint density at radius 1 is 0.867 bits per heavy atom. The summed E-state index contributed by atoms with van der Waals surface area (Å²) in [5.41, 5.74) is 9.39. The van der Waals surface area contributed by atoms with Crippen LogP contribution in [0.5, 0.6) is 0 Å². The van der Waals surface area contributed by atoms with Crippen molar-refractivity contribution < 1.29 is 45.8 Å². The van der Waals surface area contributed by atoms with Gasteiger partial charge in [0.05, 0.1) is 0 Å². The second-order valence-electron chi connectivity index (χ2n) is 10.4. The van der Waals surface area contributed by atoms with Crippen LogP contribution in [0.1, 0.15) is 70.2 Å². The first-order chi connectivity index (χ1) is 13.1. The van der Waals surface area contributed by atoms with Gasteiger partial charge in [0.2, 0.25) is 0 Å². The molecule has 0 N–H and O–H groups in total. The van der Waals surface area contributed by atoms with E-state index in [1.54, 1.807) is 17.8 Å². The molecule has 0 spiro atoms. The van der Waals surface area contributed by atoms with Gasteiger partial charge in [0.15, 0.2) is 0 Å². The molecule has 0 aromatic heterocycles. The second-order valence-corrected chi connectivity index (χ2v) is 18.0. The predicted molar refractivity (Wildman–Crippen MR) is 121 cm³/mol. The normalized spacial score (nSPS) is 14.1. The quantitative estimate of drug-likeness (QED) is 0.371. The molecule has 0 heterocycles. The Balaban J connectivity index is 0.00000160. The minimum absolute atomic E-state index is 0. The van der Waals surface area contributed by atoms with Crippen LogP contribution < -0.4 is 28.1 Å². The molecule has 0 fully saturated rings. The molecule has 0 radical (unpaired) electrons.